The van der Waals surface area contributed by atoms with Crippen LogP contribution in [0.3, 0.4) is 0 Å². The smallest absolute Gasteiger partial charge is 0.174 e. The number of rotatable bonds is 0. The SMILES string of the molecule is C[C@]12CCC(=O)C(Cl)=C1CCC1C2CC[C@]2(C)[C@H](O)C[C@@H]3C[C@@]132. The maximum atomic E-state index is 12.1. The summed E-state index contributed by atoms with van der Waals surface area (Å²) < 4.78 is 0. The molecule has 0 bridgehead atoms. The summed E-state index contributed by atoms with van der Waals surface area (Å²) in [6.07, 6.45) is 8.41. The normalized spacial score (nSPS) is 57.5. The molecule has 7 atom stereocenters. The zero-order chi connectivity index (χ0) is 16.2. The Morgan fingerprint density at radius 2 is 1.91 bits per heavy atom. The molecule has 4 fully saturated rings. The van der Waals surface area contributed by atoms with Crippen LogP contribution in [0.1, 0.15) is 65.2 Å². The first kappa shape index (κ1) is 15.0. The summed E-state index contributed by atoms with van der Waals surface area (Å²) in [7, 11) is 0. The zero-order valence-electron chi connectivity index (χ0n) is 14.2. The maximum Gasteiger partial charge on any atom is 0.174 e. The summed E-state index contributed by atoms with van der Waals surface area (Å²) in [4.78, 5) is 12.1. The van der Waals surface area contributed by atoms with Gasteiger partial charge < -0.3 is 5.11 Å². The molecule has 5 rings (SSSR count). The molecule has 2 nitrogen and oxygen atoms in total. The van der Waals surface area contributed by atoms with Gasteiger partial charge in [0.15, 0.2) is 5.78 Å². The van der Waals surface area contributed by atoms with Gasteiger partial charge in [-0.1, -0.05) is 25.4 Å². The number of carbonyl (C=O) groups excluding carboxylic acids is 1. The lowest BCUT2D eigenvalue weighted by atomic mass is 9.45. The predicted molar refractivity (Wildman–Crippen MR) is 89.9 cm³/mol. The van der Waals surface area contributed by atoms with Gasteiger partial charge in [0.25, 0.3) is 0 Å². The summed E-state index contributed by atoms with van der Waals surface area (Å²) in [6.45, 7) is 4.75. The minimum absolute atomic E-state index is 0.0940. The van der Waals surface area contributed by atoms with E-state index in [4.69, 9.17) is 11.6 Å². The van der Waals surface area contributed by atoms with Crippen molar-refractivity contribution in [2.45, 2.75) is 71.3 Å². The summed E-state index contributed by atoms with van der Waals surface area (Å²) in [5, 5.41) is 11.2. The fraction of sp³-hybridized carbons (Fsp3) is 0.850. The standard InChI is InChI=1S/C20H27ClO2/c1-18-7-6-15(22)17(21)14(18)4-3-13-12(18)5-8-19(2)16(23)9-11-10-20(11,13)19/h11-13,16,23H,3-10H2,1-2H3/t11-,12?,13?,16-,18-,19-,20+/m1/s1. The van der Waals surface area contributed by atoms with E-state index in [0.717, 1.165) is 37.5 Å². The van der Waals surface area contributed by atoms with Crippen LogP contribution in [0.25, 0.3) is 0 Å². The van der Waals surface area contributed by atoms with Gasteiger partial charge in [0, 0.05) is 6.42 Å². The Kier molecular flexibility index (Phi) is 2.76. The molecule has 0 aliphatic heterocycles. The Balaban J connectivity index is 1.59. The van der Waals surface area contributed by atoms with Crippen molar-refractivity contribution in [2.75, 3.05) is 0 Å². The lowest BCUT2D eigenvalue weighted by molar-refractivity contribution is -0.120. The van der Waals surface area contributed by atoms with Gasteiger partial charge in [-0.05, 0) is 84.5 Å². The van der Waals surface area contributed by atoms with Crippen LogP contribution in [0.4, 0.5) is 0 Å². The van der Waals surface area contributed by atoms with Gasteiger partial charge in [0.1, 0.15) is 0 Å². The van der Waals surface area contributed by atoms with Crippen LogP contribution in [-0.4, -0.2) is 17.0 Å². The number of aliphatic hydroxyl groups is 1. The van der Waals surface area contributed by atoms with Crippen LogP contribution in [-0.2, 0) is 4.79 Å². The molecule has 126 valence electrons. The number of Topliss-reactive ketones (excluding diaryl/α,β-unsaturated/α-hetero) is 1. The molecule has 0 saturated heterocycles. The predicted octanol–water partition coefficient (Wildman–Crippen LogP) is 4.45. The van der Waals surface area contributed by atoms with E-state index in [0.29, 0.717) is 22.8 Å². The molecule has 0 aromatic carbocycles. The Morgan fingerprint density at radius 1 is 1.13 bits per heavy atom. The number of hydrogen-bond acceptors (Lipinski definition) is 2. The number of halogens is 1. The van der Waals surface area contributed by atoms with E-state index in [-0.39, 0.29) is 22.7 Å². The van der Waals surface area contributed by atoms with Gasteiger partial charge in [-0.15, -0.1) is 0 Å². The van der Waals surface area contributed by atoms with Crippen molar-refractivity contribution in [1.29, 1.82) is 0 Å². The molecule has 0 amide bonds. The van der Waals surface area contributed by atoms with Crippen molar-refractivity contribution < 1.29 is 9.90 Å². The fourth-order valence-corrected chi connectivity index (χ4v) is 8.26. The summed E-state index contributed by atoms with van der Waals surface area (Å²) in [5.74, 6) is 2.31. The second kappa shape index (κ2) is 4.25. The highest BCUT2D eigenvalue weighted by Gasteiger charge is 2.77. The molecule has 0 radical (unpaired) electrons. The van der Waals surface area contributed by atoms with Gasteiger partial charge in [-0.25, -0.2) is 0 Å². The van der Waals surface area contributed by atoms with Crippen LogP contribution in [0.5, 0.6) is 0 Å². The van der Waals surface area contributed by atoms with Crippen molar-refractivity contribution in [1.82, 2.24) is 0 Å². The highest BCUT2D eigenvalue weighted by molar-refractivity contribution is 6.43. The average molecular weight is 335 g/mol. The first-order valence-corrected chi connectivity index (χ1v) is 9.83. The highest BCUT2D eigenvalue weighted by atomic mass is 35.5. The van der Waals surface area contributed by atoms with E-state index in [2.05, 4.69) is 13.8 Å². The molecule has 0 aromatic rings. The second-order valence-corrected chi connectivity index (χ2v) is 9.91. The minimum Gasteiger partial charge on any atom is -0.393 e. The molecule has 4 saturated carbocycles. The van der Waals surface area contributed by atoms with Gasteiger partial charge in [0.2, 0.25) is 0 Å². The number of allylic oxidation sites excluding steroid dienone is 1. The molecule has 3 heteroatoms. The van der Waals surface area contributed by atoms with Crippen molar-refractivity contribution in [3.8, 4) is 0 Å². The van der Waals surface area contributed by atoms with Crippen molar-refractivity contribution in [3.63, 3.8) is 0 Å². The first-order valence-electron chi connectivity index (χ1n) is 9.45. The third kappa shape index (κ3) is 1.50. The van der Waals surface area contributed by atoms with E-state index in [1.165, 1.54) is 24.8 Å². The van der Waals surface area contributed by atoms with Gasteiger partial charge >= 0.3 is 0 Å². The third-order valence-electron chi connectivity index (χ3n) is 9.18. The zero-order valence-corrected chi connectivity index (χ0v) is 15.0. The highest BCUT2D eigenvalue weighted by Crippen LogP contribution is 2.82. The van der Waals surface area contributed by atoms with E-state index in [9.17, 15) is 9.90 Å². The van der Waals surface area contributed by atoms with Crippen molar-refractivity contribution in [3.05, 3.63) is 10.6 Å². The monoisotopic (exact) mass is 334 g/mol. The van der Waals surface area contributed by atoms with Gasteiger partial charge in [-0.2, -0.15) is 0 Å². The molecule has 1 N–H and O–H groups in total. The summed E-state index contributed by atoms with van der Waals surface area (Å²) >= 11 is 6.46. The molecule has 5 aliphatic carbocycles. The molecule has 0 heterocycles. The van der Waals surface area contributed by atoms with Gasteiger partial charge in [-0.3, -0.25) is 4.79 Å². The Labute approximate surface area is 143 Å². The molecular weight excluding hydrogens is 308 g/mol. The second-order valence-electron chi connectivity index (χ2n) is 9.53. The third-order valence-corrected chi connectivity index (χ3v) is 9.61. The first-order chi connectivity index (χ1) is 10.8. The van der Waals surface area contributed by atoms with Crippen LogP contribution in [0, 0.1) is 34.0 Å². The fourth-order valence-electron chi connectivity index (χ4n) is 7.85. The van der Waals surface area contributed by atoms with E-state index in [1.54, 1.807) is 0 Å². The van der Waals surface area contributed by atoms with Crippen LogP contribution >= 0.6 is 11.6 Å². The Bertz CT molecular complexity index is 640. The maximum absolute atomic E-state index is 12.1. The molecule has 2 unspecified atom stereocenters. The molecule has 0 aromatic heterocycles. The Hall–Kier alpha value is -0.340. The molecular formula is C20H27ClO2. The van der Waals surface area contributed by atoms with E-state index in [1.807, 2.05) is 0 Å². The lowest BCUT2D eigenvalue weighted by Gasteiger charge is -2.59. The lowest BCUT2D eigenvalue weighted by Crippen LogP contribution is -2.53. The minimum atomic E-state index is -0.0940. The molecule has 23 heavy (non-hydrogen) atoms. The van der Waals surface area contributed by atoms with E-state index >= 15 is 0 Å². The largest absolute Gasteiger partial charge is 0.393 e. The van der Waals surface area contributed by atoms with E-state index < -0.39 is 0 Å². The molecule has 1 spiro atoms. The van der Waals surface area contributed by atoms with Crippen LogP contribution in [0.2, 0.25) is 0 Å². The van der Waals surface area contributed by atoms with Crippen LogP contribution in [0.15, 0.2) is 10.6 Å². The topological polar surface area (TPSA) is 37.3 Å². The quantitative estimate of drug-likeness (QED) is 0.710. The molecule has 5 aliphatic rings. The summed E-state index contributed by atoms with van der Waals surface area (Å²) in [5.41, 5.74) is 1.94. The average Bonchev–Trinajstić information content (AvgIpc) is 3.17. The van der Waals surface area contributed by atoms with Gasteiger partial charge in [0.05, 0.1) is 11.1 Å². The number of aliphatic hydroxyl groups excluding tert-OH is 1. The van der Waals surface area contributed by atoms with Crippen molar-refractivity contribution in [2.24, 2.45) is 34.0 Å². The summed E-state index contributed by atoms with van der Waals surface area (Å²) in [6, 6.07) is 0. The number of fused-ring (bicyclic) bond motifs is 3. The van der Waals surface area contributed by atoms with Crippen LogP contribution < -0.4 is 0 Å². The Morgan fingerprint density at radius 3 is 2.70 bits per heavy atom. The van der Waals surface area contributed by atoms with Crippen molar-refractivity contribution >= 4 is 17.4 Å². The number of carbonyl (C=O) groups is 1. The number of ketones is 1. The number of hydrogen-bond donors (Lipinski definition) is 1.